The van der Waals surface area contributed by atoms with E-state index in [0.29, 0.717) is 10.6 Å². The Kier molecular flexibility index (Phi) is 3.96. The highest BCUT2D eigenvalue weighted by atomic mass is 35.5. The van der Waals surface area contributed by atoms with Crippen molar-refractivity contribution in [2.24, 2.45) is 0 Å². The van der Waals surface area contributed by atoms with Gasteiger partial charge < -0.3 is 15.3 Å². The molecule has 5 heteroatoms. The van der Waals surface area contributed by atoms with Gasteiger partial charge in [0.1, 0.15) is 17.3 Å². The fourth-order valence-corrected chi connectivity index (χ4v) is 1.80. The molecule has 0 unspecified atom stereocenters. The Bertz CT molecular complexity index is 675. The molecule has 20 heavy (non-hydrogen) atoms. The van der Waals surface area contributed by atoms with Crippen LogP contribution in [0.2, 0.25) is 5.02 Å². The lowest BCUT2D eigenvalue weighted by molar-refractivity contribution is 0.104. The summed E-state index contributed by atoms with van der Waals surface area (Å²) in [6.07, 6.45) is 0.984. The molecule has 0 radical (unpaired) electrons. The molecular weight excluding hydrogens is 280 g/mol. The number of hydrogen-bond acceptors (Lipinski definition) is 4. The standard InChI is InChI=1S/C15H11ClO4/c16-10-3-6-13(18)12(7-10)15(20)8-14(19)9-1-4-11(17)5-2-9/h1-8,17-19H/b14-8-. The molecule has 4 nitrogen and oxygen atoms in total. The van der Waals surface area contributed by atoms with Crippen molar-refractivity contribution in [1.82, 2.24) is 0 Å². The van der Waals surface area contributed by atoms with Gasteiger partial charge in [-0.3, -0.25) is 4.79 Å². The van der Waals surface area contributed by atoms with Gasteiger partial charge >= 0.3 is 0 Å². The smallest absolute Gasteiger partial charge is 0.193 e. The van der Waals surface area contributed by atoms with Gasteiger partial charge in [-0.2, -0.15) is 0 Å². The van der Waals surface area contributed by atoms with E-state index in [1.807, 2.05) is 0 Å². The first-order valence-electron chi connectivity index (χ1n) is 5.70. The molecule has 0 spiro atoms. The Balaban J connectivity index is 2.32. The molecule has 0 aromatic heterocycles. The third-order valence-corrected chi connectivity index (χ3v) is 2.89. The van der Waals surface area contributed by atoms with E-state index in [-0.39, 0.29) is 22.8 Å². The molecule has 0 fully saturated rings. The van der Waals surface area contributed by atoms with Gasteiger partial charge in [0.15, 0.2) is 5.78 Å². The Morgan fingerprint density at radius 2 is 1.70 bits per heavy atom. The molecule has 0 saturated heterocycles. The summed E-state index contributed by atoms with van der Waals surface area (Å²) >= 11 is 5.76. The number of phenols is 2. The molecule has 0 atom stereocenters. The summed E-state index contributed by atoms with van der Waals surface area (Å²) in [5, 5.41) is 28.9. The molecular formula is C15H11ClO4. The summed E-state index contributed by atoms with van der Waals surface area (Å²) in [6.45, 7) is 0. The predicted octanol–water partition coefficient (Wildman–Crippen LogP) is 3.53. The molecule has 0 aliphatic carbocycles. The minimum Gasteiger partial charge on any atom is -0.508 e. The number of aliphatic hydroxyl groups excluding tert-OH is 1. The van der Waals surface area contributed by atoms with Crippen molar-refractivity contribution in [3.63, 3.8) is 0 Å². The number of ketones is 1. The lowest BCUT2D eigenvalue weighted by atomic mass is 10.1. The van der Waals surface area contributed by atoms with E-state index in [1.165, 1.54) is 42.5 Å². The fraction of sp³-hybridized carbons (Fsp3) is 0. The van der Waals surface area contributed by atoms with E-state index < -0.39 is 5.78 Å². The molecule has 0 saturated carbocycles. The molecule has 0 bridgehead atoms. The Morgan fingerprint density at radius 3 is 2.35 bits per heavy atom. The Hall–Kier alpha value is -2.46. The van der Waals surface area contributed by atoms with Crippen LogP contribution in [0.4, 0.5) is 0 Å². The van der Waals surface area contributed by atoms with Crippen LogP contribution in [-0.4, -0.2) is 21.1 Å². The highest BCUT2D eigenvalue weighted by molar-refractivity contribution is 6.31. The number of halogens is 1. The number of carbonyl (C=O) groups excluding carboxylic acids is 1. The van der Waals surface area contributed by atoms with E-state index >= 15 is 0 Å². The first kappa shape index (κ1) is 14.0. The van der Waals surface area contributed by atoms with E-state index in [2.05, 4.69) is 0 Å². The highest BCUT2D eigenvalue weighted by Gasteiger charge is 2.11. The molecule has 0 heterocycles. The van der Waals surface area contributed by atoms with Crippen LogP contribution in [0.5, 0.6) is 11.5 Å². The summed E-state index contributed by atoms with van der Waals surface area (Å²) in [7, 11) is 0. The third-order valence-electron chi connectivity index (χ3n) is 2.65. The highest BCUT2D eigenvalue weighted by Crippen LogP contribution is 2.23. The van der Waals surface area contributed by atoms with Crippen LogP contribution in [0.25, 0.3) is 5.76 Å². The van der Waals surface area contributed by atoms with Gasteiger partial charge in [-0.15, -0.1) is 0 Å². The summed E-state index contributed by atoms with van der Waals surface area (Å²) in [4.78, 5) is 12.0. The van der Waals surface area contributed by atoms with Crippen LogP contribution in [0.3, 0.4) is 0 Å². The Morgan fingerprint density at radius 1 is 1.05 bits per heavy atom. The van der Waals surface area contributed by atoms with Gasteiger partial charge in [-0.05, 0) is 42.5 Å². The number of hydrogen-bond donors (Lipinski definition) is 3. The molecule has 2 rings (SSSR count). The van der Waals surface area contributed by atoms with E-state index in [1.54, 1.807) is 0 Å². The molecule has 0 aliphatic heterocycles. The SMILES string of the molecule is O=C(/C=C(\O)c1ccc(O)cc1)c1cc(Cl)ccc1O. The molecule has 0 amide bonds. The van der Waals surface area contributed by atoms with Gasteiger partial charge in [0.25, 0.3) is 0 Å². The van der Waals surface area contributed by atoms with Crippen LogP contribution in [0, 0.1) is 0 Å². The minimum atomic E-state index is -0.574. The number of rotatable bonds is 3. The Labute approximate surface area is 120 Å². The van der Waals surface area contributed by atoms with Crippen molar-refractivity contribution in [2.75, 3.05) is 0 Å². The summed E-state index contributed by atoms with van der Waals surface area (Å²) < 4.78 is 0. The van der Waals surface area contributed by atoms with E-state index in [0.717, 1.165) is 6.08 Å². The van der Waals surface area contributed by atoms with Crippen LogP contribution >= 0.6 is 11.6 Å². The monoisotopic (exact) mass is 290 g/mol. The zero-order valence-electron chi connectivity index (χ0n) is 10.2. The summed E-state index contributed by atoms with van der Waals surface area (Å²) in [6, 6.07) is 9.79. The third kappa shape index (κ3) is 3.10. The number of benzene rings is 2. The van der Waals surface area contributed by atoms with Gasteiger partial charge in [0, 0.05) is 16.7 Å². The maximum absolute atomic E-state index is 12.0. The summed E-state index contributed by atoms with van der Waals surface area (Å²) in [5.41, 5.74) is 0.375. The average molecular weight is 291 g/mol. The van der Waals surface area contributed by atoms with Crippen LogP contribution in [-0.2, 0) is 0 Å². The fourth-order valence-electron chi connectivity index (χ4n) is 1.62. The number of carbonyl (C=O) groups is 1. The van der Waals surface area contributed by atoms with Gasteiger partial charge in [-0.1, -0.05) is 11.6 Å². The molecule has 2 aromatic carbocycles. The van der Waals surface area contributed by atoms with Crippen molar-refractivity contribution in [3.8, 4) is 11.5 Å². The van der Waals surface area contributed by atoms with Crippen molar-refractivity contribution in [3.05, 3.63) is 64.7 Å². The van der Waals surface area contributed by atoms with Crippen LogP contribution < -0.4 is 0 Å². The quantitative estimate of drug-likeness (QED) is 0.459. The lowest BCUT2D eigenvalue weighted by Gasteiger charge is -2.03. The normalized spacial score (nSPS) is 11.3. The topological polar surface area (TPSA) is 77.8 Å². The van der Waals surface area contributed by atoms with Crippen molar-refractivity contribution < 1.29 is 20.1 Å². The minimum absolute atomic E-state index is 0.00262. The molecule has 2 aromatic rings. The van der Waals surface area contributed by atoms with Crippen molar-refractivity contribution >= 4 is 23.1 Å². The number of aromatic hydroxyl groups is 2. The second kappa shape index (κ2) is 5.67. The maximum Gasteiger partial charge on any atom is 0.193 e. The van der Waals surface area contributed by atoms with Crippen molar-refractivity contribution in [1.29, 1.82) is 0 Å². The average Bonchev–Trinajstić information content (AvgIpc) is 2.42. The first-order valence-corrected chi connectivity index (χ1v) is 6.08. The number of phenolic OH excluding ortho intramolecular Hbond substituents is 2. The zero-order chi connectivity index (χ0) is 14.7. The number of allylic oxidation sites excluding steroid dienone is 1. The van der Waals surface area contributed by atoms with Crippen LogP contribution in [0.15, 0.2) is 48.5 Å². The summed E-state index contributed by atoms with van der Waals surface area (Å²) in [5.74, 6) is -1.00. The predicted molar refractivity (Wildman–Crippen MR) is 76.2 cm³/mol. The molecule has 102 valence electrons. The zero-order valence-corrected chi connectivity index (χ0v) is 11.0. The first-order chi connectivity index (χ1) is 9.47. The van der Waals surface area contributed by atoms with Gasteiger partial charge in [0.2, 0.25) is 0 Å². The second-order valence-corrected chi connectivity index (χ2v) is 4.54. The van der Waals surface area contributed by atoms with Gasteiger partial charge in [0.05, 0.1) is 5.56 Å². The van der Waals surface area contributed by atoms with Crippen LogP contribution in [0.1, 0.15) is 15.9 Å². The largest absolute Gasteiger partial charge is 0.508 e. The second-order valence-electron chi connectivity index (χ2n) is 4.10. The van der Waals surface area contributed by atoms with Crippen molar-refractivity contribution in [2.45, 2.75) is 0 Å². The number of aliphatic hydroxyl groups is 1. The molecule has 3 N–H and O–H groups in total. The van der Waals surface area contributed by atoms with Gasteiger partial charge in [-0.25, -0.2) is 0 Å². The lowest BCUT2D eigenvalue weighted by Crippen LogP contribution is -1.97. The maximum atomic E-state index is 12.0. The van der Waals surface area contributed by atoms with E-state index in [4.69, 9.17) is 16.7 Å². The molecule has 0 aliphatic rings. The van der Waals surface area contributed by atoms with E-state index in [9.17, 15) is 15.0 Å².